The van der Waals surface area contributed by atoms with Crippen molar-refractivity contribution in [3.63, 3.8) is 0 Å². The van der Waals surface area contributed by atoms with Crippen LogP contribution in [0.4, 0.5) is 0 Å². The van der Waals surface area contributed by atoms with Crippen molar-refractivity contribution in [3.8, 4) is 0 Å². The smallest absolute Gasteiger partial charge is 0.271 e. The first-order valence-corrected chi connectivity index (χ1v) is 5.76. The predicted octanol–water partition coefficient (Wildman–Crippen LogP) is 2.25. The van der Waals surface area contributed by atoms with Gasteiger partial charge in [0.25, 0.3) is 5.91 Å². The Morgan fingerprint density at radius 2 is 1.94 bits per heavy atom. The second-order valence-electron chi connectivity index (χ2n) is 3.77. The predicted molar refractivity (Wildman–Crippen MR) is 69.7 cm³/mol. The zero-order valence-electron chi connectivity index (χ0n) is 9.58. The molecule has 2 rings (SSSR count). The molecule has 1 amide bonds. The number of hydrazine groups is 1. The Kier molecular flexibility index (Phi) is 3.92. The number of aromatic nitrogens is 1. The first-order valence-electron chi connectivity index (χ1n) is 5.39. The molecule has 1 aromatic carbocycles. The summed E-state index contributed by atoms with van der Waals surface area (Å²) in [6, 6.07) is 12.3. The number of rotatable bonds is 3. The van der Waals surface area contributed by atoms with E-state index in [1.54, 1.807) is 36.5 Å². The molecular formula is C13H12ClN3O. The molecule has 0 aliphatic heterocycles. The van der Waals surface area contributed by atoms with Crippen molar-refractivity contribution in [1.29, 1.82) is 0 Å². The maximum Gasteiger partial charge on any atom is 0.286 e. The van der Waals surface area contributed by atoms with E-state index in [1.165, 1.54) is 0 Å². The molecular weight excluding hydrogens is 250 g/mol. The van der Waals surface area contributed by atoms with Crippen LogP contribution in [0.15, 0.2) is 48.7 Å². The molecule has 0 saturated heterocycles. The highest BCUT2D eigenvalue weighted by Gasteiger charge is 2.13. The fourth-order valence-corrected chi connectivity index (χ4v) is 1.62. The fourth-order valence-electron chi connectivity index (χ4n) is 1.49. The fraction of sp³-hybridized carbons (Fsp3) is 0.0769. The number of hydrogen-bond acceptors (Lipinski definition) is 3. The molecule has 5 heteroatoms. The summed E-state index contributed by atoms with van der Waals surface area (Å²) in [7, 11) is 0. The molecule has 18 heavy (non-hydrogen) atoms. The Hall–Kier alpha value is -1.91. The summed E-state index contributed by atoms with van der Waals surface area (Å²) in [4.78, 5) is 15.9. The van der Waals surface area contributed by atoms with Gasteiger partial charge in [-0.05, 0) is 29.8 Å². The van der Waals surface area contributed by atoms with Crippen molar-refractivity contribution >= 4 is 17.5 Å². The van der Waals surface area contributed by atoms with Crippen molar-refractivity contribution in [2.75, 3.05) is 0 Å². The number of nitrogens with two attached hydrogens (primary N) is 1. The minimum Gasteiger partial charge on any atom is -0.271 e. The lowest BCUT2D eigenvalue weighted by atomic mass is 10.2. The molecule has 0 aliphatic carbocycles. The quantitative estimate of drug-likeness (QED) is 0.524. The van der Waals surface area contributed by atoms with E-state index in [0.717, 1.165) is 10.6 Å². The number of nitrogens with zero attached hydrogens (tertiary/aromatic N) is 2. The molecule has 92 valence electrons. The van der Waals surface area contributed by atoms with Crippen molar-refractivity contribution in [1.82, 2.24) is 9.99 Å². The van der Waals surface area contributed by atoms with Crippen LogP contribution in [0.2, 0.25) is 5.02 Å². The van der Waals surface area contributed by atoms with E-state index in [0.29, 0.717) is 17.3 Å². The maximum atomic E-state index is 11.9. The van der Waals surface area contributed by atoms with E-state index >= 15 is 0 Å². The normalized spacial score (nSPS) is 10.1. The van der Waals surface area contributed by atoms with E-state index < -0.39 is 0 Å². The van der Waals surface area contributed by atoms with E-state index in [-0.39, 0.29) is 5.91 Å². The number of hydrogen-bond donors (Lipinski definition) is 1. The number of carbonyl (C=O) groups excluding carboxylic acids is 1. The summed E-state index contributed by atoms with van der Waals surface area (Å²) in [5.41, 5.74) is 1.24. The number of halogens is 1. The lowest BCUT2D eigenvalue weighted by Gasteiger charge is -2.16. The SMILES string of the molecule is NN(Cc1ccc(Cl)cc1)C(=O)c1ccccn1. The van der Waals surface area contributed by atoms with Crippen LogP contribution in [-0.2, 0) is 6.54 Å². The van der Waals surface area contributed by atoms with Crippen LogP contribution in [-0.4, -0.2) is 15.9 Å². The molecule has 0 bridgehead atoms. The van der Waals surface area contributed by atoms with E-state index in [9.17, 15) is 4.79 Å². The maximum absolute atomic E-state index is 11.9. The highest BCUT2D eigenvalue weighted by molar-refractivity contribution is 6.30. The third-order valence-electron chi connectivity index (χ3n) is 2.41. The van der Waals surface area contributed by atoms with Crippen LogP contribution >= 0.6 is 11.6 Å². The first-order chi connectivity index (χ1) is 8.66. The van der Waals surface area contributed by atoms with Crippen LogP contribution in [0.5, 0.6) is 0 Å². The third kappa shape index (κ3) is 3.06. The van der Waals surface area contributed by atoms with Gasteiger partial charge in [-0.25, -0.2) is 5.84 Å². The topological polar surface area (TPSA) is 59.2 Å². The Morgan fingerprint density at radius 3 is 2.56 bits per heavy atom. The zero-order valence-corrected chi connectivity index (χ0v) is 10.3. The van der Waals surface area contributed by atoms with Gasteiger partial charge >= 0.3 is 0 Å². The molecule has 0 unspecified atom stereocenters. The van der Waals surface area contributed by atoms with Gasteiger partial charge in [0.15, 0.2) is 0 Å². The van der Waals surface area contributed by atoms with Crippen molar-refractivity contribution in [2.24, 2.45) is 5.84 Å². The Labute approximate surface area is 110 Å². The van der Waals surface area contributed by atoms with Gasteiger partial charge in [0.05, 0.1) is 6.54 Å². The molecule has 0 spiro atoms. The lowest BCUT2D eigenvalue weighted by molar-refractivity contribution is 0.0737. The van der Waals surface area contributed by atoms with Gasteiger partial charge in [-0.1, -0.05) is 29.8 Å². The first kappa shape index (κ1) is 12.5. The van der Waals surface area contributed by atoms with Crippen LogP contribution in [0.3, 0.4) is 0 Å². The van der Waals surface area contributed by atoms with Gasteiger partial charge in [0.1, 0.15) is 5.69 Å². The third-order valence-corrected chi connectivity index (χ3v) is 2.66. The van der Waals surface area contributed by atoms with Crippen LogP contribution in [0.1, 0.15) is 16.1 Å². The van der Waals surface area contributed by atoms with Crippen LogP contribution in [0, 0.1) is 0 Å². The van der Waals surface area contributed by atoms with Gasteiger partial charge in [-0.15, -0.1) is 0 Å². The van der Waals surface area contributed by atoms with Gasteiger partial charge in [0.2, 0.25) is 0 Å². The molecule has 0 saturated carbocycles. The van der Waals surface area contributed by atoms with Gasteiger partial charge < -0.3 is 0 Å². The molecule has 4 nitrogen and oxygen atoms in total. The second-order valence-corrected chi connectivity index (χ2v) is 4.21. The molecule has 1 aromatic heterocycles. The zero-order chi connectivity index (χ0) is 13.0. The van der Waals surface area contributed by atoms with E-state index in [1.807, 2.05) is 12.1 Å². The molecule has 0 aliphatic rings. The summed E-state index contributed by atoms with van der Waals surface area (Å²) in [6.07, 6.45) is 1.56. The van der Waals surface area contributed by atoms with Crippen molar-refractivity contribution in [2.45, 2.75) is 6.54 Å². The summed E-state index contributed by atoms with van der Waals surface area (Å²) in [5.74, 6) is 5.42. The largest absolute Gasteiger partial charge is 0.286 e. The number of amides is 1. The summed E-state index contributed by atoms with van der Waals surface area (Å²) in [5, 5.41) is 1.78. The van der Waals surface area contributed by atoms with Gasteiger partial charge in [-0.2, -0.15) is 0 Å². The lowest BCUT2D eigenvalue weighted by Crippen LogP contribution is -2.37. The minimum atomic E-state index is -0.314. The van der Waals surface area contributed by atoms with Crippen molar-refractivity contribution in [3.05, 3.63) is 64.9 Å². The number of benzene rings is 1. The highest BCUT2D eigenvalue weighted by Crippen LogP contribution is 2.11. The summed E-state index contributed by atoms with van der Waals surface area (Å²) in [6.45, 7) is 0.312. The highest BCUT2D eigenvalue weighted by atomic mass is 35.5. The number of pyridine rings is 1. The average molecular weight is 262 g/mol. The molecule has 2 aromatic rings. The monoisotopic (exact) mass is 261 g/mol. The standard InChI is InChI=1S/C13H12ClN3O/c14-11-6-4-10(5-7-11)9-17(15)13(18)12-3-1-2-8-16-12/h1-8H,9,15H2. The van der Waals surface area contributed by atoms with E-state index in [2.05, 4.69) is 4.98 Å². The average Bonchev–Trinajstić information content (AvgIpc) is 2.41. The number of carbonyl (C=O) groups is 1. The summed E-state index contributed by atoms with van der Waals surface area (Å²) < 4.78 is 0. The molecule has 2 N–H and O–H groups in total. The van der Waals surface area contributed by atoms with Gasteiger partial charge in [0, 0.05) is 11.2 Å². The molecule has 0 fully saturated rings. The molecule has 0 atom stereocenters. The Bertz CT molecular complexity index is 528. The van der Waals surface area contributed by atoms with Crippen molar-refractivity contribution < 1.29 is 4.79 Å². The Balaban J connectivity index is 2.06. The van der Waals surface area contributed by atoms with Crippen LogP contribution < -0.4 is 5.84 Å². The van der Waals surface area contributed by atoms with Gasteiger partial charge in [-0.3, -0.25) is 14.8 Å². The Morgan fingerprint density at radius 1 is 1.22 bits per heavy atom. The molecule has 0 radical (unpaired) electrons. The summed E-state index contributed by atoms with van der Waals surface area (Å²) >= 11 is 5.78. The second kappa shape index (κ2) is 5.62. The van der Waals surface area contributed by atoms with E-state index in [4.69, 9.17) is 17.4 Å². The van der Waals surface area contributed by atoms with Crippen LogP contribution in [0.25, 0.3) is 0 Å². The minimum absolute atomic E-state index is 0.312. The molecule has 1 heterocycles.